The Morgan fingerprint density at radius 3 is 2.67 bits per heavy atom. The second-order valence-corrected chi connectivity index (χ2v) is 7.13. The first-order chi connectivity index (χ1) is 12.6. The van der Waals surface area contributed by atoms with Crippen molar-refractivity contribution in [3.05, 3.63) is 11.1 Å². The third-order valence-electron chi connectivity index (χ3n) is 3.28. The molecule has 2 rings (SSSR count). The number of nitrogens with one attached hydrogen (secondary N) is 1. The van der Waals surface area contributed by atoms with Crippen LogP contribution in [0.5, 0.6) is 0 Å². The number of carbonyl (C=O) groups excluding carboxylic acids is 3. The molecule has 1 aliphatic rings. The second-order valence-electron chi connectivity index (χ2n) is 4.95. The topological polar surface area (TPSA) is 191 Å². The van der Waals surface area contributed by atoms with Crippen LogP contribution in [0.1, 0.15) is 12.6 Å². The zero-order valence-corrected chi connectivity index (χ0v) is 15.6. The van der Waals surface area contributed by atoms with Crippen LogP contribution in [-0.2, 0) is 34.3 Å². The lowest BCUT2D eigenvalue weighted by Crippen LogP contribution is -2.75. The van der Waals surface area contributed by atoms with Gasteiger partial charge < -0.3 is 20.6 Å². The molecule has 1 fully saturated rings. The highest BCUT2D eigenvalue weighted by atomic mass is 32.2. The van der Waals surface area contributed by atoms with Gasteiger partial charge in [0.25, 0.3) is 11.8 Å². The summed E-state index contributed by atoms with van der Waals surface area (Å²) in [6.45, 7) is 1.34. The van der Waals surface area contributed by atoms with Crippen molar-refractivity contribution in [3.63, 3.8) is 0 Å². The van der Waals surface area contributed by atoms with Gasteiger partial charge in [0.15, 0.2) is 16.9 Å². The van der Waals surface area contributed by atoms with E-state index in [-0.39, 0.29) is 27.4 Å². The predicted octanol–water partition coefficient (Wildman–Crippen LogP) is -1.86. The maximum atomic E-state index is 12.4. The average molecular weight is 421 g/mol. The van der Waals surface area contributed by atoms with E-state index in [0.717, 1.165) is 11.3 Å². The number of amides is 2. The first-order valence-electron chi connectivity index (χ1n) is 7.22. The molecule has 2 amide bonds. The van der Waals surface area contributed by atoms with E-state index in [2.05, 4.69) is 25.0 Å². The lowest BCUT2D eigenvalue weighted by Gasteiger charge is -2.42. The molecule has 4 N–H and O–H groups in total. The van der Waals surface area contributed by atoms with Crippen LogP contribution in [0.3, 0.4) is 0 Å². The fourth-order valence-electron chi connectivity index (χ4n) is 2.22. The number of hydrogen-bond donors (Lipinski definition) is 3. The molecule has 13 nitrogen and oxygen atoms in total. The van der Waals surface area contributed by atoms with Gasteiger partial charge in [-0.2, -0.15) is 12.7 Å². The summed E-state index contributed by atoms with van der Waals surface area (Å²) in [7, 11) is -3.86. The SMILES string of the molecule is CCOC(=O)[C@@H]1[C@H](NC(=O)C(=NOC)c2csc(N)n2)C(=O)N1S(=O)(=O)O. The van der Waals surface area contributed by atoms with Crippen LogP contribution >= 0.6 is 11.3 Å². The predicted molar refractivity (Wildman–Crippen MR) is 90.8 cm³/mol. The van der Waals surface area contributed by atoms with E-state index in [0.29, 0.717) is 0 Å². The standard InChI is InChI=1S/C12H15N5O8S2/c1-3-25-11(20)8-7(10(19)17(8)27(21,22)23)15-9(18)6(16-24-2)5-4-26-12(13)14-5/h4,7-8H,3H2,1-2H3,(H2,13,14)(H,15,18)(H,21,22,23)/t7-,8-/m0/s1. The molecule has 0 spiro atoms. The molecule has 1 aromatic heterocycles. The van der Waals surface area contributed by atoms with Crippen molar-refractivity contribution in [1.29, 1.82) is 0 Å². The normalized spacial score (nSPS) is 20.0. The van der Waals surface area contributed by atoms with Gasteiger partial charge in [-0.3, -0.25) is 14.1 Å². The van der Waals surface area contributed by atoms with Crippen molar-refractivity contribution in [2.75, 3.05) is 19.5 Å². The largest absolute Gasteiger partial charge is 0.464 e. The summed E-state index contributed by atoms with van der Waals surface area (Å²) >= 11 is 1.02. The van der Waals surface area contributed by atoms with Crippen LogP contribution in [0.2, 0.25) is 0 Å². The number of carbonyl (C=O) groups is 3. The Labute approximate surface area is 157 Å². The smallest absolute Gasteiger partial charge is 0.363 e. The van der Waals surface area contributed by atoms with E-state index < -0.39 is 40.2 Å². The van der Waals surface area contributed by atoms with Crippen molar-refractivity contribution in [1.82, 2.24) is 14.6 Å². The van der Waals surface area contributed by atoms with E-state index in [9.17, 15) is 22.8 Å². The van der Waals surface area contributed by atoms with Crippen LogP contribution < -0.4 is 11.1 Å². The number of nitrogens with two attached hydrogens (primary N) is 1. The van der Waals surface area contributed by atoms with Gasteiger partial charge in [-0.1, -0.05) is 5.16 Å². The van der Waals surface area contributed by atoms with Gasteiger partial charge in [0, 0.05) is 5.38 Å². The van der Waals surface area contributed by atoms with Crippen LogP contribution in [-0.4, -0.2) is 71.6 Å². The molecule has 15 heteroatoms. The van der Waals surface area contributed by atoms with Gasteiger partial charge in [0.1, 0.15) is 18.8 Å². The Morgan fingerprint density at radius 1 is 1.52 bits per heavy atom. The maximum absolute atomic E-state index is 12.4. The van der Waals surface area contributed by atoms with Gasteiger partial charge in [-0.15, -0.1) is 11.3 Å². The summed E-state index contributed by atoms with van der Waals surface area (Å²) in [5, 5.41) is 7.21. The Balaban J connectivity index is 2.27. The van der Waals surface area contributed by atoms with Gasteiger partial charge in [0.2, 0.25) is 0 Å². The van der Waals surface area contributed by atoms with Gasteiger partial charge >= 0.3 is 16.3 Å². The minimum Gasteiger partial charge on any atom is -0.464 e. The number of rotatable bonds is 7. The maximum Gasteiger partial charge on any atom is 0.363 e. The quantitative estimate of drug-likeness (QED) is 0.148. The van der Waals surface area contributed by atoms with Crippen molar-refractivity contribution in [2.24, 2.45) is 5.16 Å². The lowest BCUT2D eigenvalue weighted by molar-refractivity contribution is -0.163. The van der Waals surface area contributed by atoms with E-state index >= 15 is 0 Å². The van der Waals surface area contributed by atoms with E-state index in [4.69, 9.17) is 10.3 Å². The fourth-order valence-corrected chi connectivity index (χ4v) is 3.61. The number of β-lactam (4-membered cyclic amide) rings is 1. The Kier molecular flexibility index (Phi) is 5.97. The van der Waals surface area contributed by atoms with E-state index in [1.54, 1.807) is 0 Å². The zero-order valence-electron chi connectivity index (χ0n) is 14.0. The van der Waals surface area contributed by atoms with Crippen LogP contribution in [0, 0.1) is 0 Å². The summed E-state index contributed by atoms with van der Waals surface area (Å²) in [5.74, 6) is -3.33. The third-order valence-corrected chi connectivity index (χ3v) is 4.86. The minimum absolute atomic E-state index is 0.0444. The summed E-state index contributed by atoms with van der Waals surface area (Å²) < 4.78 is 36.3. The molecule has 1 aliphatic heterocycles. The second kappa shape index (κ2) is 7.85. The Morgan fingerprint density at radius 2 is 2.19 bits per heavy atom. The highest BCUT2D eigenvalue weighted by molar-refractivity contribution is 7.84. The first kappa shape index (κ1) is 20.5. The van der Waals surface area contributed by atoms with Gasteiger partial charge in [0.05, 0.1) is 6.61 Å². The molecule has 0 bridgehead atoms. The molecule has 2 atom stereocenters. The monoisotopic (exact) mass is 421 g/mol. The van der Waals surface area contributed by atoms with Crippen LogP contribution in [0.4, 0.5) is 5.13 Å². The molecule has 0 aliphatic carbocycles. The van der Waals surface area contributed by atoms with Crippen molar-refractivity contribution in [3.8, 4) is 0 Å². The molecule has 148 valence electrons. The molecule has 1 aromatic rings. The molecule has 27 heavy (non-hydrogen) atoms. The van der Waals surface area contributed by atoms with E-state index in [1.165, 1.54) is 19.4 Å². The highest BCUT2D eigenvalue weighted by Gasteiger charge is 2.58. The van der Waals surface area contributed by atoms with Crippen LogP contribution in [0.25, 0.3) is 0 Å². The number of esters is 1. The fraction of sp³-hybridized carbons (Fsp3) is 0.417. The highest BCUT2D eigenvalue weighted by Crippen LogP contribution is 2.25. The number of aromatic nitrogens is 1. The number of oxime groups is 1. The molecule has 0 saturated carbocycles. The van der Waals surface area contributed by atoms with Crippen molar-refractivity contribution < 1.29 is 36.9 Å². The number of thiazole rings is 1. The van der Waals surface area contributed by atoms with Crippen molar-refractivity contribution in [2.45, 2.75) is 19.0 Å². The lowest BCUT2D eigenvalue weighted by atomic mass is 9.98. The number of nitrogens with zero attached hydrogens (tertiary/aromatic N) is 3. The van der Waals surface area contributed by atoms with Gasteiger partial charge in [-0.05, 0) is 6.92 Å². The minimum atomic E-state index is -5.03. The molecule has 2 heterocycles. The molecule has 0 aromatic carbocycles. The zero-order chi connectivity index (χ0) is 20.4. The number of ether oxygens (including phenoxy) is 1. The average Bonchev–Trinajstić information content (AvgIpc) is 2.99. The summed E-state index contributed by atoms with van der Waals surface area (Å²) in [6.07, 6.45) is 0. The molecular formula is C12H15N5O8S2. The molecule has 0 unspecified atom stereocenters. The third kappa shape index (κ3) is 4.15. The number of anilines is 1. The van der Waals surface area contributed by atoms with Crippen LogP contribution in [0.15, 0.2) is 10.5 Å². The van der Waals surface area contributed by atoms with Crippen molar-refractivity contribution >= 4 is 50.3 Å². The van der Waals surface area contributed by atoms with E-state index in [1.807, 2.05) is 0 Å². The number of hydrogen-bond acceptors (Lipinski definition) is 11. The molecule has 0 radical (unpaired) electrons. The first-order valence-corrected chi connectivity index (χ1v) is 9.50. The Bertz CT molecular complexity index is 895. The molecule has 1 saturated heterocycles. The summed E-state index contributed by atoms with van der Waals surface area (Å²) in [4.78, 5) is 44.9. The molecular weight excluding hydrogens is 406 g/mol. The summed E-state index contributed by atoms with van der Waals surface area (Å²) in [6, 6.07) is -3.36. The number of nitrogen functional groups attached to an aromatic ring is 1. The summed E-state index contributed by atoms with van der Waals surface area (Å²) in [5.41, 5.74) is 5.19. The Hall–Kier alpha value is -2.78. The van der Waals surface area contributed by atoms with Gasteiger partial charge in [-0.25, -0.2) is 9.78 Å².